The van der Waals surface area contributed by atoms with Crippen LogP contribution in [0.1, 0.15) is 45.4 Å². The molecule has 3 nitrogen and oxygen atoms in total. The Bertz CT molecular complexity index is 331. The van der Waals surface area contributed by atoms with Crippen LogP contribution >= 0.6 is 0 Å². The molecular formula is C16H28N2O. The molecule has 1 amide bonds. The zero-order chi connectivity index (χ0) is 13.2. The van der Waals surface area contributed by atoms with Gasteiger partial charge in [0.05, 0.1) is 0 Å². The fraction of sp³-hybridized carbons (Fsp3) is 0.938. The minimum absolute atomic E-state index is 0.309. The molecule has 3 heteroatoms. The van der Waals surface area contributed by atoms with Crippen molar-refractivity contribution in [1.29, 1.82) is 0 Å². The summed E-state index contributed by atoms with van der Waals surface area (Å²) in [5.74, 6) is 4.19. The van der Waals surface area contributed by atoms with Gasteiger partial charge in [0.15, 0.2) is 0 Å². The van der Waals surface area contributed by atoms with Crippen molar-refractivity contribution < 1.29 is 4.79 Å². The van der Waals surface area contributed by atoms with Crippen LogP contribution in [0.4, 0.5) is 0 Å². The molecule has 0 aromatic rings. The molecule has 2 saturated carbocycles. The van der Waals surface area contributed by atoms with E-state index in [1.165, 1.54) is 32.1 Å². The van der Waals surface area contributed by atoms with Gasteiger partial charge in [0.2, 0.25) is 5.91 Å². The number of amides is 1. The van der Waals surface area contributed by atoms with Crippen LogP contribution in [0.5, 0.6) is 0 Å². The van der Waals surface area contributed by atoms with Gasteiger partial charge in [-0.1, -0.05) is 13.3 Å². The highest BCUT2D eigenvalue weighted by molar-refractivity contribution is 5.76. The van der Waals surface area contributed by atoms with Gasteiger partial charge in [0.25, 0.3) is 0 Å². The second kappa shape index (κ2) is 5.82. The number of hydrogen-bond acceptors (Lipinski definition) is 2. The summed E-state index contributed by atoms with van der Waals surface area (Å²) in [6.07, 6.45) is 7.53. The predicted octanol–water partition coefficient (Wildman–Crippen LogP) is 2.17. The smallest absolute Gasteiger partial charge is 0.220 e. The number of carbonyl (C=O) groups is 1. The summed E-state index contributed by atoms with van der Waals surface area (Å²) in [5, 5.41) is 6.62. The second-order valence-electron chi connectivity index (χ2n) is 7.17. The van der Waals surface area contributed by atoms with Crippen molar-refractivity contribution in [1.82, 2.24) is 10.6 Å². The van der Waals surface area contributed by atoms with Gasteiger partial charge in [-0.3, -0.25) is 4.79 Å². The first-order valence-electron chi connectivity index (χ1n) is 8.19. The maximum atomic E-state index is 12.1. The number of fused-ring (bicyclic) bond motifs is 2. The lowest BCUT2D eigenvalue weighted by molar-refractivity contribution is -0.122. The van der Waals surface area contributed by atoms with Gasteiger partial charge < -0.3 is 10.6 Å². The third-order valence-electron chi connectivity index (χ3n) is 5.86. The summed E-state index contributed by atoms with van der Waals surface area (Å²) < 4.78 is 0. The second-order valence-corrected chi connectivity index (χ2v) is 7.17. The van der Waals surface area contributed by atoms with Crippen LogP contribution in [0.15, 0.2) is 0 Å². The van der Waals surface area contributed by atoms with Gasteiger partial charge in [0, 0.05) is 13.0 Å². The Labute approximate surface area is 116 Å². The van der Waals surface area contributed by atoms with Gasteiger partial charge >= 0.3 is 0 Å². The highest BCUT2D eigenvalue weighted by atomic mass is 16.1. The van der Waals surface area contributed by atoms with Crippen LogP contribution in [0.25, 0.3) is 0 Å². The summed E-state index contributed by atoms with van der Waals surface area (Å²) in [5.41, 5.74) is 0. The number of hydrogen-bond donors (Lipinski definition) is 2. The van der Waals surface area contributed by atoms with E-state index in [1.54, 1.807) is 0 Å². The quantitative estimate of drug-likeness (QED) is 0.817. The number of piperidine rings is 1. The van der Waals surface area contributed by atoms with E-state index >= 15 is 0 Å². The molecule has 1 saturated heterocycles. The van der Waals surface area contributed by atoms with Crippen molar-refractivity contribution in [3.63, 3.8) is 0 Å². The molecule has 1 aliphatic heterocycles. The first kappa shape index (κ1) is 13.4. The number of nitrogens with one attached hydrogen (secondary N) is 2. The van der Waals surface area contributed by atoms with Crippen molar-refractivity contribution in [3.8, 4) is 0 Å². The van der Waals surface area contributed by atoms with E-state index in [-0.39, 0.29) is 0 Å². The Hall–Kier alpha value is -0.570. The van der Waals surface area contributed by atoms with Crippen LogP contribution in [0, 0.1) is 29.6 Å². The van der Waals surface area contributed by atoms with E-state index < -0.39 is 0 Å². The van der Waals surface area contributed by atoms with Crippen molar-refractivity contribution in [2.75, 3.05) is 19.6 Å². The minimum Gasteiger partial charge on any atom is -0.356 e. The molecule has 5 unspecified atom stereocenters. The fourth-order valence-electron chi connectivity index (χ4n) is 4.55. The lowest BCUT2D eigenvalue weighted by Gasteiger charge is -2.30. The molecule has 0 spiro atoms. The van der Waals surface area contributed by atoms with E-state index in [0.717, 1.165) is 37.9 Å². The molecule has 2 aliphatic carbocycles. The van der Waals surface area contributed by atoms with E-state index in [0.29, 0.717) is 23.7 Å². The Morgan fingerprint density at radius 3 is 2.79 bits per heavy atom. The molecule has 3 rings (SSSR count). The topological polar surface area (TPSA) is 41.1 Å². The zero-order valence-corrected chi connectivity index (χ0v) is 12.2. The Kier molecular flexibility index (Phi) is 4.11. The highest BCUT2D eigenvalue weighted by Crippen LogP contribution is 2.49. The van der Waals surface area contributed by atoms with Gasteiger partial charge in [-0.15, -0.1) is 0 Å². The van der Waals surface area contributed by atoms with Crippen molar-refractivity contribution >= 4 is 5.91 Å². The predicted molar refractivity (Wildman–Crippen MR) is 76.7 cm³/mol. The molecule has 0 aromatic heterocycles. The van der Waals surface area contributed by atoms with Crippen molar-refractivity contribution in [2.24, 2.45) is 29.6 Å². The molecule has 0 aromatic carbocycles. The normalized spacial score (nSPS) is 41.4. The molecule has 108 valence electrons. The summed E-state index contributed by atoms with van der Waals surface area (Å²) in [4.78, 5) is 12.1. The summed E-state index contributed by atoms with van der Waals surface area (Å²) in [7, 11) is 0. The SMILES string of the molecule is CC1CNCCC1CNC(=O)CC1CC2CCC1C2. The molecule has 2 N–H and O–H groups in total. The van der Waals surface area contributed by atoms with Gasteiger partial charge in [-0.05, 0) is 68.4 Å². The van der Waals surface area contributed by atoms with Crippen molar-refractivity contribution in [3.05, 3.63) is 0 Å². The fourth-order valence-corrected chi connectivity index (χ4v) is 4.55. The largest absolute Gasteiger partial charge is 0.356 e. The average Bonchev–Trinajstić information content (AvgIpc) is 3.00. The summed E-state index contributed by atoms with van der Waals surface area (Å²) >= 11 is 0. The Morgan fingerprint density at radius 1 is 1.21 bits per heavy atom. The van der Waals surface area contributed by atoms with Gasteiger partial charge in [-0.25, -0.2) is 0 Å². The lowest BCUT2D eigenvalue weighted by Crippen LogP contribution is -2.41. The van der Waals surface area contributed by atoms with Crippen LogP contribution in [0.3, 0.4) is 0 Å². The third-order valence-corrected chi connectivity index (χ3v) is 5.86. The zero-order valence-electron chi connectivity index (χ0n) is 12.2. The molecule has 5 atom stereocenters. The standard InChI is InChI=1S/C16H28N2O/c1-11-9-17-5-4-14(11)10-18-16(19)8-15-7-12-2-3-13(15)6-12/h11-15,17H,2-10H2,1H3,(H,18,19). The minimum atomic E-state index is 0.309. The molecule has 2 bridgehead atoms. The molecule has 3 fully saturated rings. The first-order chi connectivity index (χ1) is 9.22. The van der Waals surface area contributed by atoms with E-state index in [2.05, 4.69) is 17.6 Å². The lowest BCUT2D eigenvalue weighted by atomic mass is 9.85. The molecule has 19 heavy (non-hydrogen) atoms. The Balaban J connectivity index is 1.39. The molecule has 0 radical (unpaired) electrons. The van der Waals surface area contributed by atoms with Gasteiger partial charge in [-0.2, -0.15) is 0 Å². The van der Waals surface area contributed by atoms with Crippen LogP contribution in [-0.4, -0.2) is 25.5 Å². The molecule has 1 heterocycles. The van der Waals surface area contributed by atoms with E-state index in [4.69, 9.17) is 0 Å². The average molecular weight is 264 g/mol. The highest BCUT2D eigenvalue weighted by Gasteiger charge is 2.40. The van der Waals surface area contributed by atoms with E-state index in [9.17, 15) is 4.79 Å². The molecular weight excluding hydrogens is 236 g/mol. The van der Waals surface area contributed by atoms with Crippen molar-refractivity contribution in [2.45, 2.75) is 45.4 Å². The van der Waals surface area contributed by atoms with Crippen LogP contribution in [0.2, 0.25) is 0 Å². The monoisotopic (exact) mass is 264 g/mol. The van der Waals surface area contributed by atoms with E-state index in [1.807, 2.05) is 0 Å². The number of carbonyl (C=O) groups excluding carboxylic acids is 1. The number of rotatable bonds is 4. The van der Waals surface area contributed by atoms with Crippen LogP contribution < -0.4 is 10.6 Å². The Morgan fingerprint density at radius 2 is 2.11 bits per heavy atom. The maximum Gasteiger partial charge on any atom is 0.220 e. The summed E-state index contributed by atoms with van der Waals surface area (Å²) in [6.45, 7) is 5.39. The maximum absolute atomic E-state index is 12.1. The summed E-state index contributed by atoms with van der Waals surface area (Å²) in [6, 6.07) is 0. The third kappa shape index (κ3) is 3.13. The van der Waals surface area contributed by atoms with Crippen LogP contribution in [-0.2, 0) is 4.79 Å². The van der Waals surface area contributed by atoms with Gasteiger partial charge in [0.1, 0.15) is 0 Å². The first-order valence-corrected chi connectivity index (χ1v) is 8.19. The molecule has 3 aliphatic rings.